The number of anilines is 2. The average molecular weight is 881 g/mol. The maximum absolute atomic E-state index is 12.9. The van der Waals surface area contributed by atoms with Gasteiger partial charge in [-0.3, -0.25) is 23.7 Å². The van der Waals surface area contributed by atoms with E-state index in [-0.39, 0.29) is 54.3 Å². The number of nitrogens with two attached hydrogens (primary N) is 1. The average Bonchev–Trinajstić information content (AvgIpc) is 3.74. The summed E-state index contributed by atoms with van der Waals surface area (Å²) < 4.78 is 56.9. The molecule has 1 saturated heterocycles. The molecule has 25 heteroatoms. The maximum Gasteiger partial charge on any atom is 0.487 e. The predicted octanol–water partition coefficient (Wildman–Crippen LogP) is 1.83. The maximum atomic E-state index is 12.9. The first-order chi connectivity index (χ1) is 27.3. The SMILES string of the molecule is CN(CCCC(=O)NCC#Cc1cn([C@H]2CC[C@@H](COP(=O)(O)OP(=O)(O)OP(=O)([O-])O)O2)c2nc(N)[nH]c(=O)c12)c1ccc2nc3ccc(=[N+](C)C)cc-3sc2c1. The van der Waals surface area contributed by atoms with Gasteiger partial charge in [0.25, 0.3) is 13.4 Å². The molecule has 1 fully saturated rings. The second-order valence-corrected chi connectivity index (χ2v) is 18.7. The minimum atomic E-state index is -5.80. The number of carbonyl (C=O) groups excluding carboxylic acids is 1. The van der Waals surface area contributed by atoms with Crippen molar-refractivity contribution in [2.75, 3.05) is 51.5 Å². The van der Waals surface area contributed by atoms with E-state index in [2.05, 4.69) is 61.9 Å². The lowest BCUT2D eigenvalue weighted by Crippen LogP contribution is -2.25. The van der Waals surface area contributed by atoms with Crippen LogP contribution in [0.3, 0.4) is 0 Å². The van der Waals surface area contributed by atoms with Gasteiger partial charge in [0, 0.05) is 44.0 Å². The second kappa shape index (κ2) is 17.5. The van der Waals surface area contributed by atoms with Crippen molar-refractivity contribution in [3.63, 3.8) is 0 Å². The Bertz CT molecular complexity index is 2680. The molecular formula is C33H39N8O13P3S. The van der Waals surface area contributed by atoms with E-state index in [1.165, 1.54) is 10.8 Å². The number of nitrogens with zero attached hydrogens (tertiary/aromatic N) is 5. The lowest BCUT2D eigenvalue weighted by Gasteiger charge is -2.21. The zero-order valence-electron chi connectivity index (χ0n) is 31.1. The van der Waals surface area contributed by atoms with E-state index in [9.17, 15) is 38.0 Å². The van der Waals surface area contributed by atoms with Crippen LogP contribution in [0.4, 0.5) is 11.6 Å². The molecule has 2 aromatic heterocycles. The van der Waals surface area contributed by atoms with Gasteiger partial charge in [-0.2, -0.15) is 9.29 Å². The first-order valence-corrected chi connectivity index (χ1v) is 22.7. The minimum absolute atomic E-state index is 0.0106. The number of phosphoric acid groups is 3. The number of aromatic amines is 1. The van der Waals surface area contributed by atoms with E-state index in [4.69, 9.17) is 20.3 Å². The Hall–Kier alpha value is -4.32. The fraction of sp³-hybridized carbons (Fsp3) is 0.364. The summed E-state index contributed by atoms with van der Waals surface area (Å²) in [4.78, 5) is 78.6. The number of fused-ring (bicyclic) bond motifs is 3. The number of hydrogen-bond acceptors (Lipinski definition) is 15. The molecule has 0 radical (unpaired) electrons. The van der Waals surface area contributed by atoms with Crippen LogP contribution in [0.25, 0.3) is 31.8 Å². The molecule has 2 aliphatic heterocycles. The third kappa shape index (κ3) is 11.0. The second-order valence-electron chi connectivity index (χ2n) is 13.3. The van der Waals surface area contributed by atoms with Crippen molar-refractivity contribution in [1.82, 2.24) is 29.4 Å². The quantitative estimate of drug-likeness (QED) is 0.0401. The molecule has 7 N–H and O–H groups in total. The summed E-state index contributed by atoms with van der Waals surface area (Å²) in [5, 5.41) is 3.96. The number of H-pyrrole nitrogens is 1. The van der Waals surface area contributed by atoms with E-state index >= 15 is 0 Å². The van der Waals surface area contributed by atoms with Crippen molar-refractivity contribution in [2.45, 2.75) is 38.0 Å². The van der Waals surface area contributed by atoms with Crippen LogP contribution in [0.5, 0.6) is 0 Å². The van der Waals surface area contributed by atoms with Gasteiger partial charge >= 0.3 is 15.6 Å². The van der Waals surface area contributed by atoms with Crippen molar-refractivity contribution < 1.29 is 55.9 Å². The van der Waals surface area contributed by atoms with E-state index in [0.29, 0.717) is 13.0 Å². The van der Waals surface area contributed by atoms with Crippen LogP contribution in [-0.2, 0) is 36.4 Å². The largest absolute Gasteiger partial charge is 0.756 e. The van der Waals surface area contributed by atoms with Gasteiger partial charge in [0.05, 0.1) is 51.0 Å². The predicted molar refractivity (Wildman–Crippen MR) is 211 cm³/mol. The third-order valence-electron chi connectivity index (χ3n) is 8.73. The normalized spacial score (nSPS) is 18.6. The Labute approximate surface area is 333 Å². The molecule has 1 aromatic carbocycles. The van der Waals surface area contributed by atoms with E-state index in [1.807, 2.05) is 45.4 Å². The highest BCUT2D eigenvalue weighted by atomic mass is 32.1. The smallest absolute Gasteiger partial charge is 0.487 e. The van der Waals surface area contributed by atoms with Crippen molar-refractivity contribution in [2.24, 2.45) is 0 Å². The van der Waals surface area contributed by atoms with Crippen molar-refractivity contribution >= 4 is 73.6 Å². The molecule has 0 spiro atoms. The van der Waals surface area contributed by atoms with Crippen LogP contribution in [0, 0.1) is 11.8 Å². The van der Waals surface area contributed by atoms with Crippen molar-refractivity contribution in [3.8, 4) is 22.4 Å². The fourth-order valence-electron chi connectivity index (χ4n) is 6.07. The van der Waals surface area contributed by atoms with Crippen LogP contribution in [0.2, 0.25) is 0 Å². The van der Waals surface area contributed by atoms with Gasteiger partial charge in [-0.1, -0.05) is 11.8 Å². The number of carbonyl (C=O) groups is 1. The Balaban J connectivity index is 1.03. The van der Waals surface area contributed by atoms with Crippen LogP contribution in [0.15, 0.2) is 47.4 Å². The van der Waals surface area contributed by atoms with Gasteiger partial charge in [-0.25, -0.2) is 23.0 Å². The van der Waals surface area contributed by atoms with Crippen molar-refractivity contribution in [3.05, 3.63) is 63.9 Å². The number of ether oxygens (including phenoxy) is 1. The number of rotatable bonds is 14. The Morgan fingerprint density at radius 1 is 1.16 bits per heavy atom. The molecule has 6 rings (SSSR count). The summed E-state index contributed by atoms with van der Waals surface area (Å²) in [6, 6.07) is 12.3. The van der Waals surface area contributed by atoms with Gasteiger partial charge < -0.3 is 44.8 Å². The number of hydrogen-bond donors (Lipinski definition) is 6. The summed E-state index contributed by atoms with van der Waals surface area (Å²) in [7, 11) is -11.0. The molecule has 0 saturated carbocycles. The van der Waals surface area contributed by atoms with Gasteiger partial charge in [0.2, 0.25) is 17.2 Å². The highest BCUT2D eigenvalue weighted by molar-refractivity contribution is 7.66. The topological polar surface area (TPSA) is 297 Å². The molecule has 21 nitrogen and oxygen atoms in total. The molecule has 58 heavy (non-hydrogen) atoms. The number of nitrogens with one attached hydrogen (secondary N) is 2. The highest BCUT2D eigenvalue weighted by Crippen LogP contribution is 2.65. The molecule has 3 unspecified atom stereocenters. The minimum Gasteiger partial charge on any atom is -0.756 e. The zero-order chi connectivity index (χ0) is 42.0. The van der Waals surface area contributed by atoms with E-state index in [1.54, 1.807) is 11.3 Å². The van der Waals surface area contributed by atoms with Crippen LogP contribution < -0.4 is 36.3 Å². The monoisotopic (exact) mass is 880 g/mol. The number of amides is 1. The van der Waals surface area contributed by atoms with Crippen LogP contribution in [0.1, 0.15) is 37.5 Å². The third-order valence-corrected chi connectivity index (χ3v) is 13.6. The first kappa shape index (κ1) is 43.3. The van der Waals surface area contributed by atoms with Gasteiger partial charge in [0.1, 0.15) is 20.3 Å². The molecular weight excluding hydrogens is 841 g/mol. The molecule has 5 atom stereocenters. The van der Waals surface area contributed by atoms with Gasteiger partial charge in [-0.05, 0) is 43.5 Å². The lowest BCUT2D eigenvalue weighted by molar-refractivity contribution is -0.212. The highest BCUT2D eigenvalue weighted by Gasteiger charge is 2.39. The summed E-state index contributed by atoms with van der Waals surface area (Å²) in [6.07, 6.45) is 1.16. The number of phosphoric ester groups is 1. The number of aromatic nitrogens is 4. The van der Waals surface area contributed by atoms with Gasteiger partial charge in [0.15, 0.2) is 5.65 Å². The van der Waals surface area contributed by atoms with Gasteiger partial charge in [-0.15, -0.1) is 11.3 Å². The molecule has 3 aromatic rings. The lowest BCUT2D eigenvalue weighted by atomic mass is 10.2. The first-order valence-electron chi connectivity index (χ1n) is 17.4. The summed E-state index contributed by atoms with van der Waals surface area (Å²) in [5.41, 5.74) is 8.47. The van der Waals surface area contributed by atoms with E-state index in [0.717, 1.165) is 31.8 Å². The molecule has 3 aliphatic rings. The van der Waals surface area contributed by atoms with Crippen LogP contribution >= 0.6 is 34.8 Å². The van der Waals surface area contributed by atoms with Crippen LogP contribution in [-0.4, -0.2) is 87.0 Å². The van der Waals surface area contributed by atoms with Crippen molar-refractivity contribution in [1.29, 1.82) is 0 Å². The Morgan fingerprint density at radius 3 is 2.67 bits per heavy atom. The number of nitrogen functional groups attached to an aromatic ring is 1. The summed E-state index contributed by atoms with van der Waals surface area (Å²) in [6.45, 7) is -0.0447. The number of benzene rings is 2. The molecule has 1 aliphatic carbocycles. The Morgan fingerprint density at radius 2 is 1.93 bits per heavy atom. The Kier molecular flexibility index (Phi) is 13.0. The summed E-state index contributed by atoms with van der Waals surface area (Å²) in [5.74, 6) is 5.34. The van der Waals surface area contributed by atoms with E-state index < -0.39 is 48.0 Å². The standard InChI is InChI=1S/C33H39N8O13P3S/c1-39(2)21-8-11-24-26(16-21)58-27-17-22(9-12-25(27)36-24)40(3)15-5-7-28(42)35-14-4-6-20-18-41(31-30(20)32(43)38-33(34)37-31)29-13-10-23(52-29)19-51-56(47,48)54-57(49,50)53-55(44,45)46/h8-9,11-12,16-18,23,29H,5,7,10,13-15,19H2,1-3H3,(H7-,34,35,37,38,42,43,44,45,46,47,48,49,50)/t23-,29+/m0/s1. The fourth-order valence-corrected chi connectivity index (χ4v) is 10.1. The molecule has 310 valence electrons. The molecule has 4 heterocycles. The molecule has 1 amide bonds. The molecule has 0 bridgehead atoms. The summed E-state index contributed by atoms with van der Waals surface area (Å²) >= 11 is 1.68. The zero-order valence-corrected chi connectivity index (χ0v) is 34.6.